The largest absolute Gasteiger partial charge is 0.360 e. The van der Waals surface area contributed by atoms with Crippen molar-refractivity contribution in [3.05, 3.63) is 77.7 Å². The fourth-order valence-electron chi connectivity index (χ4n) is 3.18. The normalized spacial score (nSPS) is 10.9. The molecule has 0 aliphatic heterocycles. The molecule has 8 heteroatoms. The average Bonchev–Trinajstić information content (AvgIpc) is 3.39. The summed E-state index contributed by atoms with van der Waals surface area (Å²) in [7, 11) is 0. The molecule has 152 valence electrons. The Labute approximate surface area is 177 Å². The van der Waals surface area contributed by atoms with Crippen molar-refractivity contribution in [1.82, 2.24) is 25.4 Å². The predicted octanol–water partition coefficient (Wildman–Crippen LogP) is 3.52. The molecule has 30 heavy (non-hydrogen) atoms. The van der Waals surface area contributed by atoms with Crippen LogP contribution in [0.1, 0.15) is 21.5 Å². The Morgan fingerprint density at radius 2 is 1.97 bits per heavy atom. The number of carbonyl (C=O) groups is 2. The van der Waals surface area contributed by atoms with Crippen molar-refractivity contribution in [2.75, 3.05) is 5.75 Å². The van der Waals surface area contributed by atoms with E-state index in [2.05, 4.69) is 39.0 Å². The van der Waals surface area contributed by atoms with Gasteiger partial charge in [-0.3, -0.25) is 25.0 Å². The first kappa shape index (κ1) is 19.8. The molecule has 0 aliphatic rings. The van der Waals surface area contributed by atoms with E-state index in [1.807, 2.05) is 48.9 Å². The number of thioether (sulfide) groups is 1. The number of aryl methyl sites for hydroxylation is 2. The van der Waals surface area contributed by atoms with E-state index < -0.39 is 0 Å². The number of aromatic amines is 1. The zero-order chi connectivity index (χ0) is 21.1. The van der Waals surface area contributed by atoms with Gasteiger partial charge < -0.3 is 4.98 Å². The Morgan fingerprint density at radius 1 is 1.13 bits per heavy atom. The van der Waals surface area contributed by atoms with Crippen molar-refractivity contribution in [2.45, 2.75) is 19.0 Å². The van der Waals surface area contributed by atoms with Crippen LogP contribution in [-0.4, -0.2) is 32.1 Å². The van der Waals surface area contributed by atoms with Gasteiger partial charge >= 0.3 is 0 Å². The number of imidazole rings is 1. The second-order valence-corrected chi connectivity index (χ2v) is 7.85. The SMILES string of the molecule is Cc1ccc(C)c(-n2ccnc2SCC(=O)NNC(=O)c2c[nH]c3ccccc23)c1. The van der Waals surface area contributed by atoms with Crippen molar-refractivity contribution in [1.29, 1.82) is 0 Å². The lowest BCUT2D eigenvalue weighted by molar-refractivity contribution is -0.119. The van der Waals surface area contributed by atoms with Crippen LogP contribution < -0.4 is 10.9 Å². The van der Waals surface area contributed by atoms with Crippen molar-refractivity contribution in [3.63, 3.8) is 0 Å². The summed E-state index contributed by atoms with van der Waals surface area (Å²) in [4.78, 5) is 32.1. The van der Waals surface area contributed by atoms with Gasteiger partial charge in [-0.1, -0.05) is 42.1 Å². The Morgan fingerprint density at radius 3 is 2.83 bits per heavy atom. The number of amides is 2. The number of rotatable bonds is 5. The monoisotopic (exact) mass is 419 g/mol. The van der Waals surface area contributed by atoms with Crippen molar-refractivity contribution < 1.29 is 9.59 Å². The lowest BCUT2D eigenvalue weighted by Crippen LogP contribution is -2.42. The number of hydrogen-bond acceptors (Lipinski definition) is 4. The summed E-state index contributed by atoms with van der Waals surface area (Å²) >= 11 is 1.31. The van der Waals surface area contributed by atoms with Gasteiger partial charge in [0.15, 0.2) is 5.16 Å². The molecule has 7 nitrogen and oxygen atoms in total. The molecule has 2 amide bonds. The molecule has 0 unspecified atom stereocenters. The molecule has 3 N–H and O–H groups in total. The fraction of sp³-hybridized carbons (Fsp3) is 0.136. The number of aromatic nitrogens is 3. The highest BCUT2D eigenvalue weighted by molar-refractivity contribution is 7.99. The summed E-state index contributed by atoms with van der Waals surface area (Å²) in [5.41, 5.74) is 9.58. The van der Waals surface area contributed by atoms with Gasteiger partial charge in [0.05, 0.1) is 17.0 Å². The molecule has 2 aromatic heterocycles. The van der Waals surface area contributed by atoms with E-state index in [4.69, 9.17) is 0 Å². The summed E-state index contributed by atoms with van der Waals surface area (Å²) in [5.74, 6) is -0.567. The highest BCUT2D eigenvalue weighted by atomic mass is 32.2. The molecular weight excluding hydrogens is 398 g/mol. The van der Waals surface area contributed by atoms with E-state index >= 15 is 0 Å². The molecule has 4 aromatic rings. The van der Waals surface area contributed by atoms with Gasteiger partial charge in [-0.05, 0) is 37.1 Å². The van der Waals surface area contributed by atoms with Crippen LogP contribution in [0.15, 0.2) is 66.2 Å². The third kappa shape index (κ3) is 4.08. The van der Waals surface area contributed by atoms with Gasteiger partial charge in [-0.25, -0.2) is 4.98 Å². The third-order valence-corrected chi connectivity index (χ3v) is 5.68. The van der Waals surface area contributed by atoms with E-state index in [0.717, 1.165) is 27.7 Å². The fourth-order valence-corrected chi connectivity index (χ4v) is 3.94. The zero-order valence-electron chi connectivity index (χ0n) is 16.6. The van der Waals surface area contributed by atoms with Crippen LogP contribution in [-0.2, 0) is 4.79 Å². The smallest absolute Gasteiger partial charge is 0.271 e. The zero-order valence-corrected chi connectivity index (χ0v) is 17.4. The minimum absolute atomic E-state index is 0.121. The number of nitrogens with zero attached hydrogens (tertiary/aromatic N) is 2. The maximum Gasteiger partial charge on any atom is 0.271 e. The first-order valence-corrected chi connectivity index (χ1v) is 10.4. The van der Waals surface area contributed by atoms with Crippen LogP contribution in [0.5, 0.6) is 0 Å². The van der Waals surface area contributed by atoms with Crippen molar-refractivity contribution in [3.8, 4) is 5.69 Å². The number of H-pyrrole nitrogens is 1. The summed E-state index contributed by atoms with van der Waals surface area (Å²) < 4.78 is 1.96. The van der Waals surface area contributed by atoms with Gasteiger partial charge in [0.25, 0.3) is 5.91 Å². The van der Waals surface area contributed by atoms with Gasteiger partial charge in [0, 0.05) is 29.5 Å². The summed E-state index contributed by atoms with van der Waals surface area (Å²) in [6.45, 7) is 4.08. The molecule has 0 saturated carbocycles. The van der Waals surface area contributed by atoms with Gasteiger partial charge in [-0.15, -0.1) is 0 Å². The lowest BCUT2D eigenvalue weighted by Gasteiger charge is -2.11. The highest BCUT2D eigenvalue weighted by Crippen LogP contribution is 2.23. The molecule has 0 atom stereocenters. The summed E-state index contributed by atoms with van der Waals surface area (Å²) in [6, 6.07) is 13.7. The Kier molecular flexibility index (Phi) is 5.58. The summed E-state index contributed by atoms with van der Waals surface area (Å²) in [5, 5.41) is 1.51. The molecule has 2 heterocycles. The third-order valence-electron chi connectivity index (χ3n) is 4.71. The maximum atomic E-state index is 12.4. The van der Waals surface area contributed by atoms with Crippen LogP contribution in [0.2, 0.25) is 0 Å². The number of benzene rings is 2. The minimum atomic E-state index is -0.373. The highest BCUT2D eigenvalue weighted by Gasteiger charge is 2.14. The Bertz CT molecular complexity index is 1230. The number of nitrogens with one attached hydrogen (secondary N) is 3. The predicted molar refractivity (Wildman–Crippen MR) is 118 cm³/mol. The number of fused-ring (bicyclic) bond motifs is 1. The second kappa shape index (κ2) is 8.46. The maximum absolute atomic E-state index is 12.4. The molecule has 0 spiro atoms. The molecule has 0 saturated heterocycles. The van der Waals surface area contributed by atoms with Crippen LogP contribution in [0.25, 0.3) is 16.6 Å². The molecule has 0 aliphatic carbocycles. The number of hydrazine groups is 1. The first-order chi connectivity index (χ1) is 14.5. The number of carbonyl (C=O) groups excluding carboxylic acids is 2. The number of hydrogen-bond donors (Lipinski definition) is 3. The van der Waals surface area contributed by atoms with E-state index in [1.165, 1.54) is 11.8 Å². The van der Waals surface area contributed by atoms with E-state index in [-0.39, 0.29) is 17.6 Å². The molecule has 4 rings (SSSR count). The standard InChI is InChI=1S/C22H21N5O2S/c1-14-7-8-15(2)19(11-14)27-10-9-23-22(27)30-13-20(28)25-26-21(29)17-12-24-18-6-4-3-5-16(17)18/h3-12,24H,13H2,1-2H3,(H,25,28)(H,26,29). The molecular formula is C22H21N5O2S. The van der Waals surface area contributed by atoms with E-state index in [9.17, 15) is 9.59 Å². The van der Waals surface area contributed by atoms with Crippen LogP contribution in [0.4, 0.5) is 0 Å². The quantitative estimate of drug-likeness (QED) is 0.341. The lowest BCUT2D eigenvalue weighted by atomic mass is 10.1. The van der Waals surface area contributed by atoms with Gasteiger partial charge in [0.1, 0.15) is 0 Å². The minimum Gasteiger partial charge on any atom is -0.360 e. The summed E-state index contributed by atoms with van der Waals surface area (Å²) in [6.07, 6.45) is 5.21. The first-order valence-electron chi connectivity index (χ1n) is 9.42. The average molecular weight is 420 g/mol. The second-order valence-electron chi connectivity index (χ2n) is 6.91. The molecule has 0 fully saturated rings. The van der Waals surface area contributed by atoms with E-state index in [1.54, 1.807) is 12.4 Å². The Balaban J connectivity index is 1.36. The van der Waals surface area contributed by atoms with Crippen LogP contribution >= 0.6 is 11.8 Å². The van der Waals surface area contributed by atoms with E-state index in [0.29, 0.717) is 10.7 Å². The molecule has 0 radical (unpaired) electrons. The van der Waals surface area contributed by atoms with Crippen molar-refractivity contribution >= 4 is 34.5 Å². The van der Waals surface area contributed by atoms with Crippen molar-refractivity contribution in [2.24, 2.45) is 0 Å². The molecule has 0 bridgehead atoms. The van der Waals surface area contributed by atoms with Crippen LogP contribution in [0, 0.1) is 13.8 Å². The van der Waals surface area contributed by atoms with Crippen LogP contribution in [0.3, 0.4) is 0 Å². The van der Waals surface area contributed by atoms with Gasteiger partial charge in [-0.2, -0.15) is 0 Å². The van der Waals surface area contributed by atoms with Gasteiger partial charge in [0.2, 0.25) is 5.91 Å². The molecule has 2 aromatic carbocycles. The topological polar surface area (TPSA) is 91.8 Å². The number of para-hydroxylation sites is 1. The Hall–Kier alpha value is -3.52.